The molecule has 6 atom stereocenters. The van der Waals surface area contributed by atoms with Gasteiger partial charge in [0, 0.05) is 25.7 Å². The number of aliphatic hydroxyl groups excluding tert-OH is 1. The largest absolute Gasteiger partial charge is 0.472 e. The second-order valence-corrected chi connectivity index (χ2v) is 31.1. The van der Waals surface area contributed by atoms with Gasteiger partial charge in [0.1, 0.15) is 19.3 Å². The van der Waals surface area contributed by atoms with Gasteiger partial charge in [0.15, 0.2) is 12.2 Å². The maximum absolute atomic E-state index is 13.1. The van der Waals surface area contributed by atoms with E-state index in [1.165, 1.54) is 193 Å². The molecule has 0 bridgehead atoms. The molecule has 0 aromatic rings. The summed E-state index contributed by atoms with van der Waals surface area (Å²) in [4.78, 5) is 72.6. The Morgan fingerprint density at radius 1 is 0.309 bits per heavy atom. The van der Waals surface area contributed by atoms with Crippen molar-refractivity contribution in [3.63, 3.8) is 0 Å². The van der Waals surface area contributed by atoms with Crippen molar-refractivity contribution in [3.05, 3.63) is 0 Å². The van der Waals surface area contributed by atoms with Crippen LogP contribution in [0, 0.1) is 17.8 Å². The minimum atomic E-state index is -4.96. The van der Waals surface area contributed by atoms with Crippen molar-refractivity contribution in [1.29, 1.82) is 0 Å². The Morgan fingerprint density at radius 2 is 0.543 bits per heavy atom. The summed E-state index contributed by atoms with van der Waals surface area (Å²) in [7, 11) is -9.91. The molecule has 0 aliphatic rings. The van der Waals surface area contributed by atoms with Gasteiger partial charge in [0.05, 0.1) is 26.4 Å². The van der Waals surface area contributed by atoms with E-state index in [2.05, 4.69) is 48.5 Å². The lowest BCUT2D eigenvalue weighted by Gasteiger charge is -2.21. The van der Waals surface area contributed by atoms with Gasteiger partial charge in [-0.25, -0.2) is 9.13 Å². The summed E-state index contributed by atoms with van der Waals surface area (Å²) < 4.78 is 68.4. The van der Waals surface area contributed by atoms with Gasteiger partial charge < -0.3 is 33.8 Å². The normalized spacial score (nSPS) is 14.4. The summed E-state index contributed by atoms with van der Waals surface area (Å²) >= 11 is 0. The van der Waals surface area contributed by atoms with E-state index in [1.54, 1.807) is 0 Å². The van der Waals surface area contributed by atoms with Crippen LogP contribution in [0.1, 0.15) is 382 Å². The number of aliphatic hydroxyl groups is 1. The van der Waals surface area contributed by atoms with Crippen LogP contribution in [0.4, 0.5) is 0 Å². The highest BCUT2D eigenvalue weighted by molar-refractivity contribution is 7.47. The zero-order valence-corrected chi connectivity index (χ0v) is 63.2. The lowest BCUT2D eigenvalue weighted by atomic mass is 9.99. The Hall–Kier alpha value is -1.94. The summed E-state index contributed by atoms with van der Waals surface area (Å²) in [6.07, 6.45) is 51.5. The van der Waals surface area contributed by atoms with Crippen LogP contribution < -0.4 is 0 Å². The predicted octanol–water partition coefficient (Wildman–Crippen LogP) is 21.8. The maximum atomic E-state index is 13.1. The number of unbranched alkanes of at least 4 members (excludes halogenated alkanes) is 40. The second-order valence-electron chi connectivity index (χ2n) is 28.2. The van der Waals surface area contributed by atoms with E-state index in [0.717, 1.165) is 108 Å². The first kappa shape index (κ1) is 92.1. The average molecular weight is 1380 g/mol. The van der Waals surface area contributed by atoms with Crippen LogP contribution in [0.2, 0.25) is 0 Å². The van der Waals surface area contributed by atoms with E-state index in [-0.39, 0.29) is 25.7 Å². The van der Waals surface area contributed by atoms with E-state index in [4.69, 9.17) is 37.0 Å². The number of esters is 4. The zero-order chi connectivity index (χ0) is 69.4. The van der Waals surface area contributed by atoms with E-state index in [0.29, 0.717) is 25.7 Å². The van der Waals surface area contributed by atoms with Crippen molar-refractivity contribution in [3.8, 4) is 0 Å². The van der Waals surface area contributed by atoms with Gasteiger partial charge in [-0.15, -0.1) is 0 Å². The number of carbonyl (C=O) groups is 4. The number of hydrogen-bond donors (Lipinski definition) is 3. The van der Waals surface area contributed by atoms with Gasteiger partial charge in [-0.2, -0.15) is 0 Å². The third kappa shape index (κ3) is 67.3. The third-order valence-corrected chi connectivity index (χ3v) is 19.6. The first-order valence-electron chi connectivity index (χ1n) is 38.9. The van der Waals surface area contributed by atoms with Crippen LogP contribution in [-0.2, 0) is 65.4 Å². The molecule has 0 aromatic carbocycles. The Morgan fingerprint density at radius 3 is 0.809 bits per heavy atom. The summed E-state index contributed by atoms with van der Waals surface area (Å²) in [5, 5.41) is 10.6. The molecule has 0 aliphatic carbocycles. The second kappa shape index (κ2) is 65.7. The number of carbonyl (C=O) groups excluding carboxylic acids is 4. The smallest absolute Gasteiger partial charge is 0.462 e. The van der Waals surface area contributed by atoms with E-state index in [9.17, 15) is 43.2 Å². The average Bonchev–Trinajstić information content (AvgIpc) is 1.31. The Kier molecular flexibility index (Phi) is 64.3. The number of hydrogen-bond acceptors (Lipinski definition) is 15. The Bertz CT molecular complexity index is 1840. The predicted molar refractivity (Wildman–Crippen MR) is 381 cm³/mol. The van der Waals surface area contributed by atoms with Gasteiger partial charge in [-0.1, -0.05) is 331 Å². The van der Waals surface area contributed by atoms with Crippen LogP contribution in [0.25, 0.3) is 0 Å². The molecule has 0 amide bonds. The highest BCUT2D eigenvalue weighted by atomic mass is 31.2. The molecule has 0 rings (SSSR count). The first-order valence-corrected chi connectivity index (χ1v) is 41.9. The lowest BCUT2D eigenvalue weighted by Crippen LogP contribution is -2.30. The topological polar surface area (TPSA) is 237 Å². The minimum absolute atomic E-state index is 0.104. The van der Waals surface area contributed by atoms with Crippen molar-refractivity contribution in [2.75, 3.05) is 39.6 Å². The maximum Gasteiger partial charge on any atom is 0.472 e. The molecule has 19 heteroatoms. The summed E-state index contributed by atoms with van der Waals surface area (Å²) in [6.45, 7) is 11.9. The number of phosphoric ester groups is 2. The van der Waals surface area contributed by atoms with Crippen LogP contribution in [0.5, 0.6) is 0 Å². The summed E-state index contributed by atoms with van der Waals surface area (Å²) in [5.74, 6) is 0.210. The highest BCUT2D eigenvalue weighted by Gasteiger charge is 2.30. The van der Waals surface area contributed by atoms with E-state index in [1.807, 2.05) is 0 Å². The van der Waals surface area contributed by atoms with E-state index >= 15 is 0 Å². The van der Waals surface area contributed by atoms with Crippen molar-refractivity contribution in [1.82, 2.24) is 0 Å². The van der Waals surface area contributed by atoms with Crippen molar-refractivity contribution >= 4 is 39.5 Å². The van der Waals surface area contributed by atoms with Crippen molar-refractivity contribution in [2.45, 2.75) is 401 Å². The highest BCUT2D eigenvalue weighted by Crippen LogP contribution is 2.45. The fourth-order valence-corrected chi connectivity index (χ4v) is 13.0. The van der Waals surface area contributed by atoms with Crippen LogP contribution in [-0.4, -0.2) is 96.7 Å². The van der Waals surface area contributed by atoms with Gasteiger partial charge in [0.2, 0.25) is 0 Å². The molecule has 0 fully saturated rings. The molecule has 17 nitrogen and oxygen atoms in total. The molecular weight excluding hydrogens is 1230 g/mol. The number of phosphoric acid groups is 2. The quantitative estimate of drug-likeness (QED) is 0.0222. The van der Waals surface area contributed by atoms with Gasteiger partial charge in [0.25, 0.3) is 0 Å². The molecule has 0 aliphatic heterocycles. The van der Waals surface area contributed by atoms with Crippen molar-refractivity contribution < 1.29 is 80.2 Å². The van der Waals surface area contributed by atoms with Crippen LogP contribution in [0.3, 0.4) is 0 Å². The third-order valence-electron chi connectivity index (χ3n) is 17.7. The molecule has 3 N–H and O–H groups in total. The van der Waals surface area contributed by atoms with Crippen LogP contribution >= 0.6 is 15.6 Å². The fraction of sp³-hybridized carbons (Fsp3) is 0.947. The molecule has 0 radical (unpaired) electrons. The molecule has 0 aromatic heterocycles. The Balaban J connectivity index is 5.16. The molecule has 0 saturated heterocycles. The lowest BCUT2D eigenvalue weighted by molar-refractivity contribution is -0.161. The monoisotopic (exact) mass is 1380 g/mol. The minimum Gasteiger partial charge on any atom is -0.462 e. The molecular formula is C75H146O17P2. The molecule has 558 valence electrons. The molecule has 0 heterocycles. The number of ether oxygens (including phenoxy) is 4. The zero-order valence-electron chi connectivity index (χ0n) is 61.4. The van der Waals surface area contributed by atoms with Crippen molar-refractivity contribution in [2.24, 2.45) is 17.8 Å². The van der Waals surface area contributed by atoms with Gasteiger partial charge in [-0.3, -0.25) is 37.3 Å². The van der Waals surface area contributed by atoms with Crippen LogP contribution in [0.15, 0.2) is 0 Å². The standard InChI is InChI=1S/C75H146O17P2/c1-8-10-11-12-13-25-35-42-49-56-72(77)85-62-71(92-75(80)59-52-45-38-31-30-33-40-47-54-67(5)6)65-90-94(83,84)88-61-69(76)60-87-93(81,82)89-64-70(63-86-73(78)57-50-43-36-29-24-26-32-39-46-53-66(3)4)91-74(79)58-51-44-37-28-23-21-19-17-15-14-16-18-20-22-27-34-41-48-55-68(7)9-2/h66-71,76H,8-65H2,1-7H3,(H,81,82)(H,83,84)/t68?,69-,70-,71-/m1/s1. The molecule has 0 spiro atoms. The molecule has 3 unspecified atom stereocenters. The SMILES string of the molecule is CCCCCCCCCCCC(=O)OC[C@H](COP(=O)(O)OC[C@H](O)COP(=O)(O)OC[C@@H](COC(=O)CCCCCCCCCCCC(C)C)OC(=O)CCCCCCCCCCCCCCCCCCCCC(C)CC)OC(=O)CCCCCCCCCCC(C)C. The van der Waals surface area contributed by atoms with Gasteiger partial charge in [-0.05, 0) is 43.4 Å². The first-order chi connectivity index (χ1) is 45.3. The van der Waals surface area contributed by atoms with E-state index < -0.39 is 97.5 Å². The molecule has 94 heavy (non-hydrogen) atoms. The van der Waals surface area contributed by atoms with Gasteiger partial charge >= 0.3 is 39.5 Å². The summed E-state index contributed by atoms with van der Waals surface area (Å²) in [6, 6.07) is 0. The Labute approximate surface area is 575 Å². The summed E-state index contributed by atoms with van der Waals surface area (Å²) in [5.41, 5.74) is 0. The fourth-order valence-electron chi connectivity index (χ4n) is 11.4. The number of rotatable bonds is 73. The molecule has 0 saturated carbocycles.